The zero-order valence-electron chi connectivity index (χ0n) is 21.9. The van der Waals surface area contributed by atoms with E-state index in [1.807, 2.05) is 11.3 Å². The maximum absolute atomic E-state index is 5.17. The fraction of sp³-hybridized carbons (Fsp3) is 0.0541. The molecule has 0 fully saturated rings. The SMILES string of the molecule is C1=C(c2ccccc2)CCC(n2c(-c3cccc(-c4cccc5c4sc4ccccc45)c3)nc3ccccc32)=C1. The van der Waals surface area contributed by atoms with E-state index in [1.165, 1.54) is 48.1 Å². The smallest absolute Gasteiger partial charge is 0.145 e. The average Bonchev–Trinajstić information content (AvgIpc) is 3.61. The third-order valence-electron chi connectivity index (χ3n) is 7.96. The molecule has 0 bridgehead atoms. The van der Waals surface area contributed by atoms with Crippen LogP contribution in [0.4, 0.5) is 0 Å². The Morgan fingerprint density at radius 1 is 0.600 bits per heavy atom. The molecule has 0 amide bonds. The number of allylic oxidation sites excluding steroid dienone is 4. The highest BCUT2D eigenvalue weighted by Gasteiger charge is 2.19. The maximum atomic E-state index is 5.17. The first kappa shape index (κ1) is 23.2. The Kier molecular flexibility index (Phi) is 5.49. The van der Waals surface area contributed by atoms with Gasteiger partial charge in [0.1, 0.15) is 5.82 Å². The highest BCUT2D eigenvalue weighted by atomic mass is 32.1. The van der Waals surface area contributed by atoms with Crippen molar-refractivity contribution < 1.29 is 0 Å². The molecule has 2 nitrogen and oxygen atoms in total. The van der Waals surface area contributed by atoms with E-state index < -0.39 is 0 Å². The van der Waals surface area contributed by atoms with Crippen molar-refractivity contribution in [2.24, 2.45) is 0 Å². The summed E-state index contributed by atoms with van der Waals surface area (Å²) >= 11 is 1.88. The normalized spacial score (nSPS) is 13.6. The van der Waals surface area contributed by atoms with Crippen LogP contribution >= 0.6 is 11.3 Å². The average molecular weight is 531 g/mol. The minimum Gasteiger partial charge on any atom is -0.296 e. The van der Waals surface area contributed by atoms with Crippen molar-refractivity contribution in [3.05, 3.63) is 139 Å². The van der Waals surface area contributed by atoms with E-state index in [-0.39, 0.29) is 0 Å². The number of rotatable bonds is 4. The first-order valence-corrected chi connectivity index (χ1v) is 14.6. The maximum Gasteiger partial charge on any atom is 0.145 e. The third-order valence-corrected chi connectivity index (χ3v) is 9.18. The Bertz CT molecular complexity index is 2110. The zero-order valence-corrected chi connectivity index (χ0v) is 22.7. The second-order valence-electron chi connectivity index (χ2n) is 10.3. The van der Waals surface area contributed by atoms with E-state index in [0.717, 1.165) is 35.3 Å². The van der Waals surface area contributed by atoms with Crippen molar-refractivity contribution in [2.45, 2.75) is 12.8 Å². The van der Waals surface area contributed by atoms with Gasteiger partial charge in [-0.15, -0.1) is 11.3 Å². The topological polar surface area (TPSA) is 17.8 Å². The van der Waals surface area contributed by atoms with Gasteiger partial charge < -0.3 is 0 Å². The van der Waals surface area contributed by atoms with Crippen LogP contribution in [0.3, 0.4) is 0 Å². The molecule has 1 aliphatic rings. The van der Waals surface area contributed by atoms with Crippen molar-refractivity contribution >= 4 is 53.8 Å². The summed E-state index contributed by atoms with van der Waals surface area (Å²) in [5.41, 5.74) is 9.76. The second-order valence-corrected chi connectivity index (χ2v) is 11.4. The van der Waals surface area contributed by atoms with Crippen LogP contribution in [0, 0.1) is 0 Å². The molecule has 7 aromatic rings. The van der Waals surface area contributed by atoms with Crippen molar-refractivity contribution in [3.8, 4) is 22.5 Å². The molecule has 2 aromatic heterocycles. The molecule has 0 unspecified atom stereocenters. The summed E-state index contributed by atoms with van der Waals surface area (Å²) in [6.07, 6.45) is 6.54. The van der Waals surface area contributed by atoms with Gasteiger partial charge in [-0.3, -0.25) is 4.57 Å². The van der Waals surface area contributed by atoms with Gasteiger partial charge in [0.15, 0.2) is 0 Å². The van der Waals surface area contributed by atoms with Crippen molar-refractivity contribution in [1.82, 2.24) is 9.55 Å². The van der Waals surface area contributed by atoms with Crippen LogP contribution in [-0.4, -0.2) is 9.55 Å². The molecule has 8 rings (SSSR count). The summed E-state index contributed by atoms with van der Waals surface area (Å²) in [4.78, 5) is 5.17. The lowest BCUT2D eigenvalue weighted by Gasteiger charge is -2.19. The molecule has 0 saturated carbocycles. The molecule has 0 spiro atoms. The number of nitrogens with zero attached hydrogens (tertiary/aromatic N) is 2. The number of hydrogen-bond acceptors (Lipinski definition) is 2. The highest BCUT2D eigenvalue weighted by Crippen LogP contribution is 2.41. The molecule has 0 N–H and O–H groups in total. The number of imidazole rings is 1. The summed E-state index contributed by atoms with van der Waals surface area (Å²) in [5, 5.41) is 2.65. The molecule has 2 heterocycles. The molecular weight excluding hydrogens is 504 g/mol. The highest BCUT2D eigenvalue weighted by molar-refractivity contribution is 7.26. The van der Waals surface area contributed by atoms with Gasteiger partial charge >= 0.3 is 0 Å². The van der Waals surface area contributed by atoms with Crippen LogP contribution in [0.5, 0.6) is 0 Å². The van der Waals surface area contributed by atoms with Crippen molar-refractivity contribution in [3.63, 3.8) is 0 Å². The van der Waals surface area contributed by atoms with Gasteiger partial charge in [-0.1, -0.05) is 103 Å². The van der Waals surface area contributed by atoms with E-state index in [0.29, 0.717) is 0 Å². The second kappa shape index (κ2) is 9.48. The number of thiophene rings is 1. The van der Waals surface area contributed by atoms with Crippen LogP contribution in [0.25, 0.3) is 65.0 Å². The van der Waals surface area contributed by atoms with E-state index >= 15 is 0 Å². The number of para-hydroxylation sites is 2. The molecule has 0 aliphatic heterocycles. The Hall–Kier alpha value is -4.73. The van der Waals surface area contributed by atoms with Gasteiger partial charge in [-0.25, -0.2) is 4.98 Å². The summed E-state index contributed by atoms with van der Waals surface area (Å²) in [6, 6.07) is 43.5. The van der Waals surface area contributed by atoms with E-state index in [1.54, 1.807) is 0 Å². The number of benzene rings is 5. The Morgan fingerprint density at radius 2 is 1.35 bits per heavy atom. The predicted octanol–water partition coefficient (Wildman–Crippen LogP) is 10.5. The van der Waals surface area contributed by atoms with Gasteiger partial charge in [0.05, 0.1) is 11.0 Å². The van der Waals surface area contributed by atoms with Gasteiger partial charge in [0.25, 0.3) is 0 Å². The predicted molar refractivity (Wildman–Crippen MR) is 171 cm³/mol. The molecule has 0 atom stereocenters. The lowest BCUT2D eigenvalue weighted by atomic mass is 9.95. The summed E-state index contributed by atoms with van der Waals surface area (Å²) in [5.74, 6) is 0.995. The number of aromatic nitrogens is 2. The summed E-state index contributed by atoms with van der Waals surface area (Å²) < 4.78 is 5.03. The van der Waals surface area contributed by atoms with Crippen LogP contribution in [0.2, 0.25) is 0 Å². The lowest BCUT2D eigenvalue weighted by molar-refractivity contribution is 0.971. The van der Waals surface area contributed by atoms with Gasteiger partial charge in [-0.05, 0) is 65.4 Å². The Morgan fingerprint density at radius 3 is 2.25 bits per heavy atom. The fourth-order valence-corrected chi connectivity index (χ4v) is 7.25. The lowest BCUT2D eigenvalue weighted by Crippen LogP contribution is -2.03. The molecule has 40 heavy (non-hydrogen) atoms. The van der Waals surface area contributed by atoms with Crippen LogP contribution < -0.4 is 0 Å². The van der Waals surface area contributed by atoms with E-state index in [9.17, 15) is 0 Å². The molecule has 0 saturated heterocycles. The number of fused-ring (bicyclic) bond motifs is 4. The Labute approximate surface area is 237 Å². The molecule has 1 aliphatic carbocycles. The zero-order chi connectivity index (χ0) is 26.5. The monoisotopic (exact) mass is 530 g/mol. The molecule has 5 aromatic carbocycles. The van der Waals surface area contributed by atoms with Crippen LogP contribution in [0.15, 0.2) is 133 Å². The fourth-order valence-electron chi connectivity index (χ4n) is 6.02. The molecular formula is C37H26N2S. The van der Waals surface area contributed by atoms with Crippen LogP contribution in [-0.2, 0) is 0 Å². The van der Waals surface area contributed by atoms with Gasteiger partial charge in [0.2, 0.25) is 0 Å². The first-order valence-electron chi connectivity index (χ1n) is 13.8. The largest absolute Gasteiger partial charge is 0.296 e. The standard InChI is InChI=1S/C37H26N2S/c1-2-10-25(11-3-1)26-20-22-29(23-21-26)39-34-18-6-5-17-33(34)38-37(39)28-13-8-12-27(24-28)30-15-9-16-32-31-14-4-7-19-35(31)40-36(30)32/h1-20,22,24H,21,23H2. The minimum atomic E-state index is 0.967. The minimum absolute atomic E-state index is 0.967. The van der Waals surface area contributed by atoms with Crippen LogP contribution in [0.1, 0.15) is 18.4 Å². The molecule has 0 radical (unpaired) electrons. The van der Waals surface area contributed by atoms with Crippen molar-refractivity contribution in [2.75, 3.05) is 0 Å². The van der Waals surface area contributed by atoms with Gasteiger partial charge in [0, 0.05) is 31.4 Å². The summed E-state index contributed by atoms with van der Waals surface area (Å²) in [6.45, 7) is 0. The first-order chi connectivity index (χ1) is 19.8. The van der Waals surface area contributed by atoms with Crippen molar-refractivity contribution in [1.29, 1.82) is 0 Å². The third kappa shape index (κ3) is 3.82. The summed E-state index contributed by atoms with van der Waals surface area (Å²) in [7, 11) is 0. The Balaban J connectivity index is 1.27. The molecule has 3 heteroatoms. The number of hydrogen-bond donors (Lipinski definition) is 0. The van der Waals surface area contributed by atoms with E-state index in [4.69, 9.17) is 4.98 Å². The molecule has 190 valence electrons. The van der Waals surface area contributed by atoms with E-state index in [2.05, 4.69) is 138 Å². The quantitative estimate of drug-likeness (QED) is 0.221. The van der Waals surface area contributed by atoms with Gasteiger partial charge in [-0.2, -0.15) is 0 Å².